The molecular formula is C34H42N8O2. The lowest BCUT2D eigenvalue weighted by atomic mass is 9.91. The summed E-state index contributed by atoms with van der Waals surface area (Å²) in [5.41, 5.74) is 5.55. The summed E-state index contributed by atoms with van der Waals surface area (Å²) in [6, 6.07) is 16.3. The number of benzene rings is 1. The minimum Gasteiger partial charge on any atom is -0.492 e. The second-order valence-electron chi connectivity index (χ2n) is 12.9. The van der Waals surface area contributed by atoms with Crippen LogP contribution in [0.5, 0.6) is 5.75 Å². The molecule has 0 bridgehead atoms. The van der Waals surface area contributed by atoms with E-state index in [2.05, 4.69) is 60.9 Å². The Balaban J connectivity index is 1.15. The summed E-state index contributed by atoms with van der Waals surface area (Å²) in [6.45, 7) is 15.9. The van der Waals surface area contributed by atoms with Crippen LogP contribution in [-0.2, 0) is 12.0 Å². The summed E-state index contributed by atoms with van der Waals surface area (Å²) in [5.74, 6) is 0.502. The normalized spacial score (nSPS) is 16.5. The van der Waals surface area contributed by atoms with Gasteiger partial charge in [0, 0.05) is 61.0 Å². The molecule has 4 aromatic heterocycles. The van der Waals surface area contributed by atoms with E-state index in [-0.39, 0.29) is 11.3 Å². The third-order valence-electron chi connectivity index (χ3n) is 8.53. The Labute approximate surface area is 258 Å². The fraction of sp³-hybridized carbons (Fsp3) is 0.412. The minimum absolute atomic E-state index is 0.0362. The highest BCUT2D eigenvalue weighted by atomic mass is 16.5. The number of hydrogen-bond acceptors (Lipinski definition) is 7. The van der Waals surface area contributed by atoms with Gasteiger partial charge in [-0.05, 0) is 51.2 Å². The first kappa shape index (κ1) is 29.8. The molecule has 0 saturated carbocycles. The highest BCUT2D eigenvalue weighted by Crippen LogP contribution is 2.28. The van der Waals surface area contributed by atoms with E-state index in [1.165, 1.54) is 0 Å². The lowest BCUT2D eigenvalue weighted by Gasteiger charge is -2.37. The minimum atomic E-state index is -0.241. The topological polar surface area (TPSA) is 92.8 Å². The standard InChI is InChI=1S/C34H42N8O2/c1-23-21-40(16-15-39(23)6)17-18-44-26-13-14-41-29(20-35-31(41)19-26)33(43)37-27-10-8-11-28-32(27)24(2)38-42(28)22-25-9-7-12-30(36-25)34(3,4)5/h7-14,19-20,23H,15-18,21-22H2,1-6H3,(H,37,43)/t23-/m0/s1. The largest absolute Gasteiger partial charge is 0.492 e. The molecule has 230 valence electrons. The van der Waals surface area contributed by atoms with Crippen molar-refractivity contribution in [1.82, 2.24) is 33.9 Å². The number of imidazole rings is 1. The Kier molecular flexibility index (Phi) is 8.13. The van der Waals surface area contributed by atoms with Crippen LogP contribution >= 0.6 is 0 Å². The van der Waals surface area contributed by atoms with Crippen molar-refractivity contribution < 1.29 is 9.53 Å². The van der Waals surface area contributed by atoms with Gasteiger partial charge < -0.3 is 15.0 Å². The van der Waals surface area contributed by atoms with Crippen LogP contribution in [0.2, 0.25) is 0 Å². The molecule has 0 spiro atoms. The fourth-order valence-electron chi connectivity index (χ4n) is 5.81. The molecule has 5 heterocycles. The predicted molar refractivity (Wildman–Crippen MR) is 174 cm³/mol. The number of fused-ring (bicyclic) bond motifs is 2. The maximum atomic E-state index is 13.5. The Morgan fingerprint density at radius 3 is 2.73 bits per heavy atom. The van der Waals surface area contributed by atoms with E-state index in [1.54, 1.807) is 10.6 Å². The van der Waals surface area contributed by atoms with Gasteiger partial charge in [-0.1, -0.05) is 32.9 Å². The van der Waals surface area contributed by atoms with Crippen molar-refractivity contribution in [1.29, 1.82) is 0 Å². The monoisotopic (exact) mass is 594 g/mol. The van der Waals surface area contributed by atoms with Gasteiger partial charge in [0.15, 0.2) is 0 Å². The molecule has 0 aliphatic carbocycles. The van der Waals surface area contributed by atoms with Crippen LogP contribution in [0.15, 0.2) is 60.9 Å². The molecule has 6 rings (SSSR count). The average Bonchev–Trinajstić information content (AvgIpc) is 3.55. The number of ether oxygens (including phenoxy) is 1. The number of carbonyl (C=O) groups is 1. The summed E-state index contributed by atoms with van der Waals surface area (Å²) in [6.07, 6.45) is 3.44. The molecule has 1 atom stereocenters. The van der Waals surface area contributed by atoms with Gasteiger partial charge in [-0.2, -0.15) is 5.10 Å². The zero-order valence-electron chi connectivity index (χ0n) is 26.5. The Morgan fingerprint density at radius 2 is 1.93 bits per heavy atom. The number of nitrogens with one attached hydrogen (secondary N) is 1. The zero-order valence-corrected chi connectivity index (χ0v) is 26.5. The molecule has 5 aromatic rings. The van der Waals surface area contributed by atoms with Gasteiger partial charge in [-0.3, -0.25) is 23.8 Å². The molecule has 1 N–H and O–H groups in total. The van der Waals surface area contributed by atoms with Crippen molar-refractivity contribution in [3.63, 3.8) is 0 Å². The van der Waals surface area contributed by atoms with E-state index >= 15 is 0 Å². The molecule has 0 radical (unpaired) electrons. The number of rotatable bonds is 8. The highest BCUT2D eigenvalue weighted by molar-refractivity contribution is 6.08. The van der Waals surface area contributed by atoms with Crippen molar-refractivity contribution >= 4 is 28.1 Å². The van der Waals surface area contributed by atoms with Gasteiger partial charge >= 0.3 is 0 Å². The molecule has 0 unspecified atom stereocenters. The second-order valence-corrected chi connectivity index (χ2v) is 12.9. The summed E-state index contributed by atoms with van der Waals surface area (Å²) >= 11 is 0. The summed E-state index contributed by atoms with van der Waals surface area (Å²) in [7, 11) is 2.18. The van der Waals surface area contributed by atoms with Gasteiger partial charge in [0.1, 0.15) is 23.7 Å². The van der Waals surface area contributed by atoms with Crippen LogP contribution in [0.3, 0.4) is 0 Å². The molecule has 1 saturated heterocycles. The number of piperazine rings is 1. The Hall–Kier alpha value is -4.28. The summed E-state index contributed by atoms with van der Waals surface area (Å²) in [5, 5.41) is 8.84. The number of aromatic nitrogens is 5. The number of nitrogens with zero attached hydrogens (tertiary/aromatic N) is 7. The lowest BCUT2D eigenvalue weighted by Crippen LogP contribution is -2.50. The summed E-state index contributed by atoms with van der Waals surface area (Å²) in [4.78, 5) is 27.7. The third-order valence-corrected chi connectivity index (χ3v) is 8.53. The zero-order chi connectivity index (χ0) is 31.0. The van der Waals surface area contributed by atoms with E-state index in [0.29, 0.717) is 36.2 Å². The number of carbonyl (C=O) groups excluding carboxylic acids is 1. The Morgan fingerprint density at radius 1 is 1.11 bits per heavy atom. The molecular weight excluding hydrogens is 552 g/mol. The van der Waals surface area contributed by atoms with Crippen LogP contribution in [0.1, 0.15) is 55.3 Å². The quantitative estimate of drug-likeness (QED) is 0.270. The van der Waals surface area contributed by atoms with Crippen molar-refractivity contribution in [2.75, 3.05) is 45.2 Å². The number of anilines is 1. The average molecular weight is 595 g/mol. The third kappa shape index (κ3) is 6.18. The van der Waals surface area contributed by atoms with Crippen molar-refractivity contribution in [2.45, 2.75) is 52.6 Å². The molecule has 1 amide bonds. The smallest absolute Gasteiger partial charge is 0.274 e. The Bertz CT molecular complexity index is 1800. The molecule has 1 aliphatic rings. The molecule has 10 nitrogen and oxygen atoms in total. The first-order valence-electron chi connectivity index (χ1n) is 15.3. The number of pyridine rings is 2. The van der Waals surface area contributed by atoms with E-state index in [4.69, 9.17) is 14.8 Å². The SMILES string of the molecule is Cc1nn(Cc2cccc(C(C)(C)C)n2)c2cccc(NC(=O)c3cnc4cc(OCCN5CCN(C)[C@@H](C)C5)ccn34)c12. The highest BCUT2D eigenvalue weighted by Gasteiger charge is 2.21. The first-order valence-corrected chi connectivity index (χ1v) is 15.3. The fourth-order valence-corrected chi connectivity index (χ4v) is 5.81. The number of hydrogen-bond donors (Lipinski definition) is 1. The van der Waals surface area contributed by atoms with Gasteiger partial charge in [-0.25, -0.2) is 4.98 Å². The predicted octanol–water partition coefficient (Wildman–Crippen LogP) is 5.00. The summed E-state index contributed by atoms with van der Waals surface area (Å²) < 4.78 is 9.79. The van der Waals surface area contributed by atoms with Gasteiger partial charge in [0.2, 0.25) is 0 Å². The van der Waals surface area contributed by atoms with E-state index < -0.39 is 0 Å². The molecule has 1 fully saturated rings. The van der Waals surface area contributed by atoms with Crippen LogP contribution in [-0.4, -0.2) is 85.7 Å². The molecule has 1 aliphatic heterocycles. The lowest BCUT2D eigenvalue weighted by molar-refractivity contribution is 0.0928. The van der Waals surface area contributed by atoms with E-state index in [9.17, 15) is 4.79 Å². The first-order chi connectivity index (χ1) is 21.1. The van der Waals surface area contributed by atoms with Gasteiger partial charge in [-0.15, -0.1) is 0 Å². The van der Waals surface area contributed by atoms with Gasteiger partial charge in [0.05, 0.1) is 35.3 Å². The van der Waals surface area contributed by atoms with Crippen molar-refractivity contribution in [3.8, 4) is 5.75 Å². The van der Waals surface area contributed by atoms with Crippen LogP contribution in [0.4, 0.5) is 5.69 Å². The van der Waals surface area contributed by atoms with Crippen molar-refractivity contribution in [3.05, 3.63) is 83.7 Å². The number of amides is 1. The van der Waals surface area contributed by atoms with E-state index in [0.717, 1.165) is 59.9 Å². The van der Waals surface area contributed by atoms with Crippen LogP contribution in [0.25, 0.3) is 16.6 Å². The number of aryl methyl sites for hydroxylation is 1. The maximum Gasteiger partial charge on any atom is 0.274 e. The van der Waals surface area contributed by atoms with Crippen molar-refractivity contribution in [2.24, 2.45) is 0 Å². The maximum absolute atomic E-state index is 13.5. The van der Waals surface area contributed by atoms with Crippen LogP contribution in [0, 0.1) is 6.92 Å². The van der Waals surface area contributed by atoms with E-state index in [1.807, 2.05) is 60.3 Å². The molecule has 10 heteroatoms. The number of likely N-dealkylation sites (N-methyl/N-ethyl adjacent to an activating group) is 1. The molecule has 44 heavy (non-hydrogen) atoms. The second kappa shape index (κ2) is 12.0. The van der Waals surface area contributed by atoms with Gasteiger partial charge in [0.25, 0.3) is 5.91 Å². The van der Waals surface area contributed by atoms with Crippen LogP contribution < -0.4 is 10.1 Å². The molecule has 1 aromatic carbocycles.